The number of pyridine rings is 1. The highest BCUT2D eigenvalue weighted by Crippen LogP contribution is 2.22. The van der Waals surface area contributed by atoms with Crippen molar-refractivity contribution < 1.29 is 4.79 Å². The zero-order valence-electron chi connectivity index (χ0n) is 15.6. The molecule has 0 spiro atoms. The van der Waals surface area contributed by atoms with Crippen molar-refractivity contribution in [3.8, 4) is 0 Å². The average Bonchev–Trinajstić information content (AvgIpc) is 3.41. The number of nitrogens with zero attached hydrogens (tertiary/aromatic N) is 6. The highest BCUT2D eigenvalue weighted by atomic mass is 35.5. The molecule has 0 bridgehead atoms. The van der Waals surface area contributed by atoms with E-state index in [1.165, 1.54) is 11.3 Å². The summed E-state index contributed by atoms with van der Waals surface area (Å²) in [5.74, 6) is -0.00127. The lowest BCUT2D eigenvalue weighted by molar-refractivity contribution is -0.127. The van der Waals surface area contributed by atoms with Crippen molar-refractivity contribution in [3.63, 3.8) is 0 Å². The van der Waals surface area contributed by atoms with Crippen LogP contribution in [0.5, 0.6) is 0 Å². The van der Waals surface area contributed by atoms with E-state index in [4.69, 9.17) is 11.6 Å². The molecule has 1 aliphatic heterocycles. The summed E-state index contributed by atoms with van der Waals surface area (Å²) in [7, 11) is 0. The standard InChI is InChI=1S/C20H19ClN6OS/c21-19-16(27-11-12-29-20(27)23-19)4-5-18(28)25-9-7-24(8-10-25)13-15-14-26-6-2-1-3-17(26)22-15/h1-6,11-12,14H,7-10,13H2/b5-4+. The molecule has 5 rings (SSSR count). The van der Waals surface area contributed by atoms with E-state index < -0.39 is 0 Å². The van der Waals surface area contributed by atoms with Crippen molar-refractivity contribution in [2.45, 2.75) is 6.54 Å². The predicted molar refractivity (Wildman–Crippen MR) is 114 cm³/mol. The van der Waals surface area contributed by atoms with E-state index in [1.807, 2.05) is 49.7 Å². The maximum atomic E-state index is 12.6. The Morgan fingerprint density at radius 1 is 1.17 bits per heavy atom. The molecule has 0 aromatic carbocycles. The summed E-state index contributed by atoms with van der Waals surface area (Å²) in [5, 5.41) is 2.36. The predicted octanol–water partition coefficient (Wildman–Crippen LogP) is 3.05. The van der Waals surface area contributed by atoms with Gasteiger partial charge in [0.2, 0.25) is 5.91 Å². The van der Waals surface area contributed by atoms with Gasteiger partial charge in [-0.05, 0) is 18.2 Å². The fourth-order valence-corrected chi connectivity index (χ4v) is 4.61. The van der Waals surface area contributed by atoms with E-state index in [-0.39, 0.29) is 5.91 Å². The molecule has 5 heterocycles. The summed E-state index contributed by atoms with van der Waals surface area (Å²) in [5.41, 5.74) is 2.74. The Morgan fingerprint density at radius 3 is 2.86 bits per heavy atom. The van der Waals surface area contributed by atoms with Crippen LogP contribution in [-0.4, -0.2) is 60.7 Å². The summed E-state index contributed by atoms with van der Waals surface area (Å²) in [6, 6.07) is 5.99. The Morgan fingerprint density at radius 2 is 2.03 bits per heavy atom. The molecule has 4 aromatic heterocycles. The summed E-state index contributed by atoms with van der Waals surface area (Å²) < 4.78 is 3.93. The fraction of sp³-hybridized carbons (Fsp3) is 0.250. The third-order valence-electron chi connectivity index (χ3n) is 5.12. The Hall–Kier alpha value is -2.68. The molecule has 9 heteroatoms. The number of thiazole rings is 1. The third-order valence-corrected chi connectivity index (χ3v) is 6.16. The van der Waals surface area contributed by atoms with Crippen LogP contribution in [0.3, 0.4) is 0 Å². The van der Waals surface area contributed by atoms with Crippen LogP contribution in [0.2, 0.25) is 5.15 Å². The molecule has 0 atom stereocenters. The Balaban J connectivity index is 1.19. The number of carbonyl (C=O) groups excluding carboxylic acids is 1. The van der Waals surface area contributed by atoms with Crippen molar-refractivity contribution in [1.29, 1.82) is 0 Å². The van der Waals surface area contributed by atoms with Gasteiger partial charge < -0.3 is 9.30 Å². The minimum atomic E-state index is -0.00127. The van der Waals surface area contributed by atoms with Crippen LogP contribution in [0.15, 0.2) is 48.2 Å². The van der Waals surface area contributed by atoms with E-state index in [2.05, 4.69) is 21.1 Å². The molecule has 1 saturated heterocycles. The molecule has 1 amide bonds. The quantitative estimate of drug-likeness (QED) is 0.470. The Bertz CT molecular complexity index is 1170. The van der Waals surface area contributed by atoms with E-state index in [1.54, 1.807) is 12.2 Å². The zero-order valence-corrected chi connectivity index (χ0v) is 17.2. The number of hydrogen-bond donors (Lipinski definition) is 0. The number of halogens is 1. The largest absolute Gasteiger partial charge is 0.337 e. The van der Waals surface area contributed by atoms with Crippen LogP contribution in [0.25, 0.3) is 16.7 Å². The van der Waals surface area contributed by atoms with Gasteiger partial charge in [0.25, 0.3) is 0 Å². The molecule has 0 unspecified atom stereocenters. The van der Waals surface area contributed by atoms with Crippen molar-refractivity contribution in [1.82, 2.24) is 28.6 Å². The first-order valence-corrected chi connectivity index (χ1v) is 10.7. The SMILES string of the molecule is O=C(/C=C/c1c(Cl)nc2sccn12)N1CCN(Cc2cn3ccccc3n2)CC1. The van der Waals surface area contributed by atoms with Gasteiger partial charge in [0.1, 0.15) is 5.65 Å². The maximum Gasteiger partial charge on any atom is 0.246 e. The van der Waals surface area contributed by atoms with E-state index in [0.29, 0.717) is 18.2 Å². The molecule has 1 aliphatic rings. The zero-order chi connectivity index (χ0) is 19.8. The minimum Gasteiger partial charge on any atom is -0.337 e. The van der Waals surface area contributed by atoms with Crippen molar-refractivity contribution in [3.05, 3.63) is 64.8 Å². The monoisotopic (exact) mass is 426 g/mol. The lowest BCUT2D eigenvalue weighted by atomic mass is 10.2. The van der Waals surface area contributed by atoms with Gasteiger partial charge in [0.15, 0.2) is 10.1 Å². The molecule has 0 N–H and O–H groups in total. The fourth-order valence-electron chi connectivity index (χ4n) is 3.60. The first-order valence-electron chi connectivity index (χ1n) is 9.40. The number of rotatable bonds is 4. The molecule has 1 fully saturated rings. The highest BCUT2D eigenvalue weighted by Gasteiger charge is 2.20. The van der Waals surface area contributed by atoms with E-state index in [0.717, 1.165) is 41.6 Å². The molecule has 0 saturated carbocycles. The Kier molecular flexibility index (Phi) is 4.83. The van der Waals surface area contributed by atoms with Crippen molar-refractivity contribution >= 4 is 45.5 Å². The molecular weight excluding hydrogens is 408 g/mol. The van der Waals surface area contributed by atoms with Crippen molar-refractivity contribution in [2.24, 2.45) is 0 Å². The van der Waals surface area contributed by atoms with Crippen LogP contribution in [0, 0.1) is 0 Å². The topological polar surface area (TPSA) is 58.2 Å². The molecule has 4 aromatic rings. The number of fused-ring (bicyclic) bond motifs is 2. The maximum absolute atomic E-state index is 12.6. The summed E-state index contributed by atoms with van der Waals surface area (Å²) in [4.78, 5) is 26.6. The Labute approximate surface area is 176 Å². The normalized spacial score (nSPS) is 15.8. The second-order valence-electron chi connectivity index (χ2n) is 6.98. The average molecular weight is 427 g/mol. The molecule has 0 aliphatic carbocycles. The van der Waals surface area contributed by atoms with Crippen LogP contribution >= 0.6 is 22.9 Å². The molecule has 0 radical (unpaired) electrons. The van der Waals surface area contributed by atoms with Gasteiger partial charge in [-0.15, -0.1) is 11.3 Å². The van der Waals surface area contributed by atoms with Crippen LogP contribution in [0.1, 0.15) is 11.4 Å². The highest BCUT2D eigenvalue weighted by molar-refractivity contribution is 7.15. The second-order valence-corrected chi connectivity index (χ2v) is 8.21. The number of aromatic nitrogens is 4. The smallest absolute Gasteiger partial charge is 0.246 e. The lowest BCUT2D eigenvalue weighted by Crippen LogP contribution is -2.47. The summed E-state index contributed by atoms with van der Waals surface area (Å²) >= 11 is 7.70. The molecule has 148 valence electrons. The molecule has 29 heavy (non-hydrogen) atoms. The number of hydrogen-bond acceptors (Lipinski definition) is 5. The molecular formula is C20H19ClN6OS. The first kappa shape index (κ1) is 18.4. The second kappa shape index (κ2) is 7.62. The van der Waals surface area contributed by atoms with Crippen LogP contribution in [-0.2, 0) is 11.3 Å². The molecule has 7 nitrogen and oxygen atoms in total. The van der Waals surface area contributed by atoms with Crippen LogP contribution in [0.4, 0.5) is 0 Å². The van der Waals surface area contributed by atoms with E-state index in [9.17, 15) is 4.79 Å². The number of imidazole rings is 2. The number of piperazine rings is 1. The summed E-state index contributed by atoms with van der Waals surface area (Å²) in [6.07, 6.45) is 9.31. The first-order chi connectivity index (χ1) is 14.2. The number of carbonyl (C=O) groups is 1. The van der Waals surface area contributed by atoms with Gasteiger partial charge in [-0.3, -0.25) is 14.1 Å². The van der Waals surface area contributed by atoms with Gasteiger partial charge in [-0.1, -0.05) is 17.7 Å². The van der Waals surface area contributed by atoms with Gasteiger partial charge >= 0.3 is 0 Å². The minimum absolute atomic E-state index is 0.00127. The lowest BCUT2D eigenvalue weighted by Gasteiger charge is -2.33. The van der Waals surface area contributed by atoms with Crippen molar-refractivity contribution in [2.75, 3.05) is 26.2 Å². The van der Waals surface area contributed by atoms with Gasteiger partial charge in [-0.2, -0.15) is 0 Å². The summed E-state index contributed by atoms with van der Waals surface area (Å²) in [6.45, 7) is 3.85. The van der Waals surface area contributed by atoms with Gasteiger partial charge in [0.05, 0.1) is 11.4 Å². The van der Waals surface area contributed by atoms with Crippen LogP contribution < -0.4 is 0 Å². The van der Waals surface area contributed by atoms with E-state index >= 15 is 0 Å². The van der Waals surface area contributed by atoms with Gasteiger partial charge in [-0.25, -0.2) is 9.97 Å². The third kappa shape index (κ3) is 3.66. The number of amides is 1. The van der Waals surface area contributed by atoms with Gasteiger partial charge in [0, 0.05) is 62.8 Å².